The molecule has 2 N–H and O–H groups in total. The molecule has 1 aromatic carbocycles. The number of nitrogens with zero attached hydrogens (tertiary/aromatic N) is 1. The molecule has 2 fully saturated rings. The predicted octanol–water partition coefficient (Wildman–Crippen LogP) is 0.865. The van der Waals surface area contributed by atoms with Gasteiger partial charge in [0, 0.05) is 6.54 Å². The van der Waals surface area contributed by atoms with Crippen LogP contribution in [0, 0.1) is 11.8 Å². The van der Waals surface area contributed by atoms with E-state index in [4.69, 9.17) is 5.73 Å². The van der Waals surface area contributed by atoms with Crippen molar-refractivity contribution in [2.75, 3.05) is 6.54 Å². The summed E-state index contributed by atoms with van der Waals surface area (Å²) in [5.74, 6) is -0.261. The minimum Gasteiger partial charge on any atom is -0.328 e. The Balaban J connectivity index is 2.02. The highest BCUT2D eigenvalue weighted by Gasteiger charge is 2.62. The Morgan fingerprint density at radius 2 is 1.78 bits per heavy atom. The third-order valence-corrected chi connectivity index (χ3v) is 4.15. The molecule has 1 aromatic rings. The number of carbonyl (C=O) groups is 2. The number of carbonyl (C=O) groups excluding carboxylic acids is 2. The number of amides is 2. The van der Waals surface area contributed by atoms with Gasteiger partial charge in [0.2, 0.25) is 11.8 Å². The van der Waals surface area contributed by atoms with Crippen molar-refractivity contribution in [3.63, 3.8) is 0 Å². The maximum Gasteiger partial charge on any atom is 0.233 e. The lowest BCUT2D eigenvalue weighted by atomic mass is 9.90. The Kier molecular flexibility index (Phi) is 2.32. The van der Waals surface area contributed by atoms with Gasteiger partial charge in [-0.3, -0.25) is 14.5 Å². The summed E-state index contributed by atoms with van der Waals surface area (Å²) in [4.78, 5) is 25.8. The standard InChI is InChI=1S/C14H16N2O2/c1-14(8-15,9-5-3-2-4-6-9)16-12(17)10-7-11(10)13(16)18/h2-6,10-11H,7-8,15H2,1H3. The topological polar surface area (TPSA) is 63.4 Å². The smallest absolute Gasteiger partial charge is 0.233 e. The quantitative estimate of drug-likeness (QED) is 0.802. The van der Waals surface area contributed by atoms with Gasteiger partial charge in [-0.05, 0) is 18.9 Å². The summed E-state index contributed by atoms with van der Waals surface area (Å²) in [6.07, 6.45) is 0.726. The van der Waals surface area contributed by atoms with E-state index in [1.165, 1.54) is 4.90 Å². The van der Waals surface area contributed by atoms with E-state index in [0.717, 1.165) is 12.0 Å². The lowest BCUT2D eigenvalue weighted by Crippen LogP contribution is -2.53. The predicted molar refractivity (Wildman–Crippen MR) is 66.3 cm³/mol. The van der Waals surface area contributed by atoms with Crippen molar-refractivity contribution in [2.24, 2.45) is 17.6 Å². The molecule has 2 amide bonds. The Morgan fingerprint density at radius 3 is 2.28 bits per heavy atom. The molecule has 1 saturated heterocycles. The molecule has 1 aliphatic carbocycles. The molecule has 0 spiro atoms. The molecule has 0 radical (unpaired) electrons. The van der Waals surface area contributed by atoms with Gasteiger partial charge in [-0.2, -0.15) is 0 Å². The first-order valence-corrected chi connectivity index (χ1v) is 6.23. The van der Waals surface area contributed by atoms with Crippen molar-refractivity contribution >= 4 is 11.8 Å². The van der Waals surface area contributed by atoms with E-state index in [9.17, 15) is 9.59 Å². The van der Waals surface area contributed by atoms with E-state index in [1.807, 2.05) is 37.3 Å². The largest absolute Gasteiger partial charge is 0.328 e. The van der Waals surface area contributed by atoms with Crippen LogP contribution in [0.15, 0.2) is 30.3 Å². The number of imide groups is 1. The molecule has 1 heterocycles. The minimum absolute atomic E-state index is 0.0539. The lowest BCUT2D eigenvalue weighted by molar-refractivity contribution is -0.148. The zero-order chi connectivity index (χ0) is 12.9. The first-order valence-electron chi connectivity index (χ1n) is 6.23. The summed E-state index contributed by atoms with van der Waals surface area (Å²) in [6, 6.07) is 9.53. The fourth-order valence-electron chi connectivity index (χ4n) is 2.80. The second-order valence-corrected chi connectivity index (χ2v) is 5.30. The average molecular weight is 244 g/mol. The molecule has 0 bridgehead atoms. The Bertz CT molecular complexity index is 494. The fraction of sp³-hybridized carbons (Fsp3) is 0.429. The molecule has 1 aliphatic heterocycles. The first kappa shape index (κ1) is 11.4. The third kappa shape index (κ3) is 1.35. The highest BCUT2D eigenvalue weighted by Crippen LogP contribution is 2.50. The monoisotopic (exact) mass is 244 g/mol. The number of benzene rings is 1. The van der Waals surface area contributed by atoms with Gasteiger partial charge >= 0.3 is 0 Å². The van der Waals surface area contributed by atoms with Crippen molar-refractivity contribution in [3.8, 4) is 0 Å². The van der Waals surface area contributed by atoms with E-state index >= 15 is 0 Å². The lowest BCUT2D eigenvalue weighted by Gasteiger charge is -2.38. The van der Waals surface area contributed by atoms with Gasteiger partial charge in [0.05, 0.1) is 17.4 Å². The first-order chi connectivity index (χ1) is 8.59. The normalized spacial score (nSPS) is 29.1. The van der Waals surface area contributed by atoms with Crippen LogP contribution in [0.3, 0.4) is 0 Å². The molecule has 2 aliphatic rings. The zero-order valence-corrected chi connectivity index (χ0v) is 10.3. The van der Waals surface area contributed by atoms with Crippen LogP contribution < -0.4 is 5.73 Å². The Morgan fingerprint density at radius 1 is 1.22 bits per heavy atom. The Hall–Kier alpha value is -1.68. The van der Waals surface area contributed by atoms with Gasteiger partial charge in [0.1, 0.15) is 0 Å². The van der Waals surface area contributed by atoms with Gasteiger partial charge in [-0.1, -0.05) is 30.3 Å². The second-order valence-electron chi connectivity index (χ2n) is 5.30. The van der Waals surface area contributed by atoms with Crippen LogP contribution in [0.2, 0.25) is 0 Å². The molecule has 3 atom stereocenters. The van der Waals surface area contributed by atoms with Gasteiger partial charge in [0.15, 0.2) is 0 Å². The maximum atomic E-state index is 12.2. The number of fused-ring (bicyclic) bond motifs is 1. The van der Waals surface area contributed by atoms with E-state index in [-0.39, 0.29) is 30.2 Å². The highest BCUT2D eigenvalue weighted by molar-refractivity contribution is 6.09. The summed E-state index contributed by atoms with van der Waals surface area (Å²) in [5.41, 5.74) is 6.05. The second kappa shape index (κ2) is 3.65. The van der Waals surface area contributed by atoms with Crippen molar-refractivity contribution < 1.29 is 9.59 Å². The van der Waals surface area contributed by atoms with E-state index in [0.29, 0.717) is 0 Å². The van der Waals surface area contributed by atoms with Crippen LogP contribution in [0.4, 0.5) is 0 Å². The van der Waals surface area contributed by atoms with Crippen molar-refractivity contribution in [2.45, 2.75) is 18.9 Å². The van der Waals surface area contributed by atoms with Crippen LogP contribution in [0.25, 0.3) is 0 Å². The summed E-state index contributed by atoms with van der Waals surface area (Å²) in [6.45, 7) is 2.11. The molecule has 18 heavy (non-hydrogen) atoms. The van der Waals surface area contributed by atoms with E-state index < -0.39 is 5.54 Å². The summed E-state index contributed by atoms with van der Waals surface area (Å²) in [5, 5.41) is 0. The Labute approximate surface area is 106 Å². The maximum absolute atomic E-state index is 12.2. The molecule has 3 rings (SSSR count). The van der Waals surface area contributed by atoms with Gasteiger partial charge < -0.3 is 5.73 Å². The molecule has 1 saturated carbocycles. The van der Waals surface area contributed by atoms with Gasteiger partial charge in [0.25, 0.3) is 0 Å². The summed E-state index contributed by atoms with van der Waals surface area (Å²) in [7, 11) is 0. The van der Waals surface area contributed by atoms with Crippen LogP contribution in [-0.4, -0.2) is 23.3 Å². The molecular weight excluding hydrogens is 228 g/mol. The number of hydrogen-bond donors (Lipinski definition) is 1. The number of hydrogen-bond acceptors (Lipinski definition) is 3. The van der Waals surface area contributed by atoms with Crippen molar-refractivity contribution in [1.29, 1.82) is 0 Å². The van der Waals surface area contributed by atoms with Crippen LogP contribution in [-0.2, 0) is 15.1 Å². The number of nitrogens with two attached hydrogens (primary N) is 1. The highest BCUT2D eigenvalue weighted by atomic mass is 16.2. The summed E-state index contributed by atoms with van der Waals surface area (Å²) < 4.78 is 0. The van der Waals surface area contributed by atoms with E-state index in [2.05, 4.69) is 0 Å². The summed E-state index contributed by atoms with van der Waals surface area (Å²) >= 11 is 0. The number of rotatable bonds is 3. The van der Waals surface area contributed by atoms with Gasteiger partial charge in [-0.15, -0.1) is 0 Å². The SMILES string of the molecule is CC(CN)(c1ccccc1)N1C(=O)C2CC2C1=O. The fourth-order valence-corrected chi connectivity index (χ4v) is 2.80. The van der Waals surface area contributed by atoms with Crippen LogP contribution in [0.5, 0.6) is 0 Å². The number of likely N-dealkylation sites (tertiary alicyclic amines) is 1. The average Bonchev–Trinajstić information content (AvgIpc) is 3.15. The zero-order valence-electron chi connectivity index (χ0n) is 10.3. The molecule has 94 valence electrons. The van der Waals surface area contributed by atoms with E-state index in [1.54, 1.807) is 0 Å². The van der Waals surface area contributed by atoms with Crippen molar-refractivity contribution in [3.05, 3.63) is 35.9 Å². The molecule has 0 aromatic heterocycles. The molecule has 4 heteroatoms. The van der Waals surface area contributed by atoms with Crippen molar-refractivity contribution in [1.82, 2.24) is 4.90 Å². The van der Waals surface area contributed by atoms with Gasteiger partial charge in [-0.25, -0.2) is 0 Å². The third-order valence-electron chi connectivity index (χ3n) is 4.15. The minimum atomic E-state index is -0.719. The molecule has 4 nitrogen and oxygen atoms in total. The molecule has 3 unspecified atom stereocenters. The van der Waals surface area contributed by atoms with Crippen LogP contribution >= 0.6 is 0 Å². The molecular formula is C14H16N2O2. The van der Waals surface area contributed by atoms with Crippen LogP contribution in [0.1, 0.15) is 18.9 Å². The number of piperidine rings is 1.